The summed E-state index contributed by atoms with van der Waals surface area (Å²) < 4.78 is 10.1. The van der Waals surface area contributed by atoms with Crippen LogP contribution in [0.5, 0.6) is 0 Å². The van der Waals surface area contributed by atoms with Crippen molar-refractivity contribution in [1.29, 1.82) is 0 Å². The van der Waals surface area contributed by atoms with Crippen molar-refractivity contribution in [2.24, 2.45) is 0 Å². The lowest BCUT2D eigenvalue weighted by Crippen LogP contribution is -2.06. The molecule has 0 amide bonds. The van der Waals surface area contributed by atoms with Gasteiger partial charge in [0, 0.05) is 20.5 Å². The molecule has 0 unspecified atom stereocenters. The monoisotopic (exact) mass is 273 g/mol. The van der Waals surface area contributed by atoms with Crippen molar-refractivity contribution in [2.75, 3.05) is 26.9 Å². The molecule has 18 heavy (non-hydrogen) atoms. The minimum atomic E-state index is -1.18. The first-order valence-electron chi connectivity index (χ1n) is 5.37. The zero-order chi connectivity index (χ0) is 13.5. The molecule has 0 bridgehead atoms. The van der Waals surface area contributed by atoms with Crippen LogP contribution in [-0.2, 0) is 15.9 Å². The van der Waals surface area contributed by atoms with Crippen LogP contribution in [0.15, 0.2) is 0 Å². The van der Waals surface area contributed by atoms with Crippen molar-refractivity contribution in [3.63, 3.8) is 0 Å². The van der Waals surface area contributed by atoms with E-state index in [1.807, 2.05) is 0 Å². The Morgan fingerprint density at radius 2 is 2.06 bits per heavy atom. The van der Waals surface area contributed by atoms with Crippen LogP contribution >= 0.6 is 11.3 Å². The van der Waals surface area contributed by atoms with E-state index in [2.05, 4.69) is 4.98 Å². The largest absolute Gasteiger partial charge is 0.476 e. The van der Waals surface area contributed by atoms with Crippen molar-refractivity contribution in [1.82, 2.24) is 4.98 Å². The summed E-state index contributed by atoms with van der Waals surface area (Å²) in [7, 11) is 1.59. The summed E-state index contributed by atoms with van der Waals surface area (Å²) in [6.45, 7) is 2.75. The van der Waals surface area contributed by atoms with E-state index in [0.717, 1.165) is 11.3 Å². The number of carbonyl (C=O) groups is 2. The Bertz CT molecular complexity index is 398. The molecule has 0 aliphatic carbocycles. The standard InChI is InChI=1S/C11H15NO5S/c1-7(13)10-9(11(14)15)12-8(18-10)3-4-17-6-5-16-2/h3-6H2,1-2H3,(H,14,15). The Morgan fingerprint density at radius 3 is 2.56 bits per heavy atom. The van der Waals surface area contributed by atoms with E-state index in [1.54, 1.807) is 7.11 Å². The maximum atomic E-state index is 11.3. The van der Waals surface area contributed by atoms with Gasteiger partial charge in [-0.05, 0) is 0 Å². The maximum Gasteiger partial charge on any atom is 0.356 e. The molecule has 0 aliphatic rings. The number of carboxylic acid groups (broad SMARTS) is 1. The highest BCUT2D eigenvalue weighted by atomic mass is 32.1. The van der Waals surface area contributed by atoms with Crippen LogP contribution < -0.4 is 0 Å². The van der Waals surface area contributed by atoms with Crippen molar-refractivity contribution >= 4 is 23.1 Å². The van der Waals surface area contributed by atoms with Crippen LogP contribution in [0.2, 0.25) is 0 Å². The van der Waals surface area contributed by atoms with Gasteiger partial charge in [0.15, 0.2) is 11.5 Å². The first-order chi connectivity index (χ1) is 8.56. The van der Waals surface area contributed by atoms with Crippen molar-refractivity contribution in [3.05, 3.63) is 15.6 Å². The van der Waals surface area contributed by atoms with Crippen molar-refractivity contribution in [3.8, 4) is 0 Å². The zero-order valence-corrected chi connectivity index (χ0v) is 11.1. The molecule has 1 heterocycles. The molecule has 0 aromatic carbocycles. The minimum absolute atomic E-state index is 0.167. The normalized spacial score (nSPS) is 10.6. The molecule has 0 spiro atoms. The zero-order valence-electron chi connectivity index (χ0n) is 10.3. The second-order valence-electron chi connectivity index (χ2n) is 3.50. The van der Waals surface area contributed by atoms with E-state index < -0.39 is 5.97 Å². The molecule has 0 aliphatic heterocycles. The van der Waals surface area contributed by atoms with Gasteiger partial charge in [0.05, 0.1) is 24.8 Å². The number of Topliss-reactive ketones (excluding diaryl/α,β-unsaturated/α-hetero) is 1. The topological polar surface area (TPSA) is 85.7 Å². The van der Waals surface area contributed by atoms with E-state index in [-0.39, 0.29) is 16.4 Å². The Morgan fingerprint density at radius 1 is 1.33 bits per heavy atom. The molecule has 1 aromatic heterocycles. The lowest BCUT2D eigenvalue weighted by Gasteiger charge is -2.00. The number of rotatable bonds is 8. The number of carboxylic acids is 1. The van der Waals surface area contributed by atoms with E-state index in [0.29, 0.717) is 31.2 Å². The summed E-state index contributed by atoms with van der Waals surface area (Å²) in [5.74, 6) is -1.46. The van der Waals surface area contributed by atoms with Gasteiger partial charge in [0.2, 0.25) is 0 Å². The number of hydrogen-bond acceptors (Lipinski definition) is 6. The van der Waals surface area contributed by atoms with Gasteiger partial charge >= 0.3 is 5.97 Å². The number of carbonyl (C=O) groups excluding carboxylic acids is 1. The quantitative estimate of drug-likeness (QED) is 0.566. The molecule has 100 valence electrons. The third kappa shape index (κ3) is 4.17. The fraction of sp³-hybridized carbons (Fsp3) is 0.545. The summed E-state index contributed by atoms with van der Waals surface area (Å²) in [4.78, 5) is 26.3. The number of methoxy groups -OCH3 is 1. The van der Waals surface area contributed by atoms with Crippen LogP contribution in [-0.4, -0.2) is 48.8 Å². The van der Waals surface area contributed by atoms with Gasteiger partial charge in [-0.2, -0.15) is 0 Å². The van der Waals surface area contributed by atoms with Crippen LogP contribution in [0.25, 0.3) is 0 Å². The Kier molecular flexibility index (Phi) is 5.90. The number of ketones is 1. The van der Waals surface area contributed by atoms with Gasteiger partial charge in [-0.25, -0.2) is 9.78 Å². The highest BCUT2D eigenvalue weighted by molar-refractivity contribution is 7.14. The second-order valence-corrected chi connectivity index (χ2v) is 4.59. The number of hydrogen-bond donors (Lipinski definition) is 1. The minimum Gasteiger partial charge on any atom is -0.476 e. The summed E-state index contributed by atoms with van der Waals surface area (Å²) >= 11 is 1.11. The molecule has 1 aromatic rings. The summed E-state index contributed by atoms with van der Waals surface area (Å²) in [6.07, 6.45) is 0.488. The summed E-state index contributed by atoms with van der Waals surface area (Å²) in [5, 5.41) is 9.51. The molecule has 6 nitrogen and oxygen atoms in total. The number of aromatic carboxylic acids is 1. The average molecular weight is 273 g/mol. The summed E-state index contributed by atoms with van der Waals surface area (Å²) in [5.41, 5.74) is -0.167. The predicted molar refractivity (Wildman–Crippen MR) is 65.5 cm³/mol. The Labute approximate surface area is 109 Å². The fourth-order valence-corrected chi connectivity index (χ4v) is 2.19. The van der Waals surface area contributed by atoms with Gasteiger partial charge in [0.25, 0.3) is 0 Å². The Balaban J connectivity index is 2.59. The number of nitrogens with zero attached hydrogens (tertiary/aromatic N) is 1. The molecule has 1 N–H and O–H groups in total. The van der Waals surface area contributed by atoms with Gasteiger partial charge in [-0.1, -0.05) is 0 Å². The highest BCUT2D eigenvalue weighted by Crippen LogP contribution is 2.20. The SMILES string of the molecule is COCCOCCc1nc(C(=O)O)c(C(C)=O)s1. The second kappa shape index (κ2) is 7.20. The molecular weight excluding hydrogens is 258 g/mol. The fourth-order valence-electron chi connectivity index (χ4n) is 1.26. The van der Waals surface area contributed by atoms with Gasteiger partial charge < -0.3 is 14.6 Å². The summed E-state index contributed by atoms with van der Waals surface area (Å²) in [6, 6.07) is 0. The molecule has 0 fully saturated rings. The van der Waals surface area contributed by atoms with Gasteiger partial charge in [-0.15, -0.1) is 11.3 Å². The van der Waals surface area contributed by atoms with Crippen molar-refractivity contribution in [2.45, 2.75) is 13.3 Å². The first-order valence-corrected chi connectivity index (χ1v) is 6.18. The number of ether oxygens (including phenoxy) is 2. The van der Waals surface area contributed by atoms with Crippen LogP contribution in [0, 0.1) is 0 Å². The first kappa shape index (κ1) is 14.7. The molecule has 0 saturated heterocycles. The van der Waals surface area contributed by atoms with Gasteiger partial charge in [0.1, 0.15) is 4.88 Å². The third-order valence-corrected chi connectivity index (χ3v) is 3.30. The van der Waals surface area contributed by atoms with E-state index in [1.165, 1.54) is 6.92 Å². The lowest BCUT2D eigenvalue weighted by molar-refractivity contribution is 0.0684. The molecule has 0 atom stereocenters. The van der Waals surface area contributed by atoms with Crippen molar-refractivity contribution < 1.29 is 24.2 Å². The molecule has 0 radical (unpaired) electrons. The maximum absolute atomic E-state index is 11.3. The molecular formula is C11H15NO5S. The van der Waals surface area contributed by atoms with E-state index in [9.17, 15) is 9.59 Å². The van der Waals surface area contributed by atoms with E-state index in [4.69, 9.17) is 14.6 Å². The van der Waals surface area contributed by atoms with Gasteiger partial charge in [-0.3, -0.25) is 4.79 Å². The predicted octanol–water partition coefficient (Wildman–Crippen LogP) is 1.25. The van der Waals surface area contributed by atoms with E-state index >= 15 is 0 Å². The molecule has 1 rings (SSSR count). The lowest BCUT2D eigenvalue weighted by atomic mass is 10.3. The van der Waals surface area contributed by atoms with Crippen LogP contribution in [0.4, 0.5) is 0 Å². The van der Waals surface area contributed by atoms with Crippen LogP contribution in [0.3, 0.4) is 0 Å². The van der Waals surface area contributed by atoms with Crippen LogP contribution in [0.1, 0.15) is 32.1 Å². The molecule has 7 heteroatoms. The average Bonchev–Trinajstić information content (AvgIpc) is 2.73. The highest BCUT2D eigenvalue weighted by Gasteiger charge is 2.20. The smallest absolute Gasteiger partial charge is 0.356 e. The third-order valence-electron chi connectivity index (χ3n) is 2.09. The number of thiazole rings is 1. The Hall–Kier alpha value is -1.31. The molecule has 0 saturated carbocycles. The number of aromatic nitrogens is 1.